The SMILES string of the molecule is CC(C)CNC(=O)c1cc2c(=O)n3ccccc3nc2n(Cc2ccco2)c1=N. The highest BCUT2D eigenvalue weighted by Gasteiger charge is 2.18. The maximum atomic E-state index is 13.1. The van der Waals surface area contributed by atoms with Gasteiger partial charge in [0.25, 0.3) is 11.5 Å². The molecule has 0 spiro atoms. The lowest BCUT2D eigenvalue weighted by atomic mass is 10.1. The summed E-state index contributed by atoms with van der Waals surface area (Å²) >= 11 is 0. The Bertz CT molecular complexity index is 1320. The summed E-state index contributed by atoms with van der Waals surface area (Å²) in [6, 6.07) is 10.2. The lowest BCUT2D eigenvalue weighted by Crippen LogP contribution is -2.36. The van der Waals surface area contributed by atoms with Crippen molar-refractivity contribution in [3.63, 3.8) is 0 Å². The summed E-state index contributed by atoms with van der Waals surface area (Å²) in [5.41, 5.74) is 0.608. The van der Waals surface area contributed by atoms with Crippen LogP contribution in [0.3, 0.4) is 0 Å². The first-order valence-electron chi connectivity index (χ1n) is 9.36. The molecule has 4 rings (SSSR count). The number of pyridine rings is 2. The van der Waals surface area contributed by atoms with E-state index in [-0.39, 0.29) is 34.5 Å². The summed E-state index contributed by atoms with van der Waals surface area (Å²) < 4.78 is 8.39. The first-order valence-corrected chi connectivity index (χ1v) is 9.36. The second-order valence-corrected chi connectivity index (χ2v) is 7.26. The van der Waals surface area contributed by atoms with Gasteiger partial charge in [-0.25, -0.2) is 4.98 Å². The van der Waals surface area contributed by atoms with E-state index in [0.717, 1.165) is 0 Å². The number of nitrogens with zero attached hydrogens (tertiary/aromatic N) is 3. The summed E-state index contributed by atoms with van der Waals surface area (Å²) in [7, 11) is 0. The van der Waals surface area contributed by atoms with E-state index in [4.69, 9.17) is 9.83 Å². The molecule has 0 saturated heterocycles. The molecule has 148 valence electrons. The van der Waals surface area contributed by atoms with Gasteiger partial charge in [-0.05, 0) is 36.2 Å². The Kier molecular flexibility index (Phi) is 4.75. The van der Waals surface area contributed by atoms with E-state index >= 15 is 0 Å². The number of amides is 1. The highest BCUT2D eigenvalue weighted by molar-refractivity contribution is 5.96. The van der Waals surface area contributed by atoms with Gasteiger partial charge < -0.3 is 14.3 Å². The summed E-state index contributed by atoms with van der Waals surface area (Å²) in [5.74, 6) is 0.469. The molecule has 0 aromatic carbocycles. The molecule has 8 heteroatoms. The van der Waals surface area contributed by atoms with Crippen molar-refractivity contribution in [3.05, 3.63) is 76.0 Å². The van der Waals surface area contributed by atoms with Gasteiger partial charge in [0.15, 0.2) is 0 Å². The minimum Gasteiger partial charge on any atom is -0.467 e. The number of rotatable bonds is 5. The molecule has 0 aliphatic rings. The van der Waals surface area contributed by atoms with E-state index < -0.39 is 5.91 Å². The third-order valence-electron chi connectivity index (χ3n) is 4.63. The number of carbonyl (C=O) groups is 1. The molecule has 4 aromatic rings. The number of nitrogens with one attached hydrogen (secondary N) is 2. The Morgan fingerprint density at radius 3 is 2.83 bits per heavy atom. The van der Waals surface area contributed by atoms with E-state index in [1.165, 1.54) is 15.0 Å². The molecule has 4 heterocycles. The maximum Gasteiger partial charge on any atom is 0.267 e. The topological polar surface area (TPSA) is 105 Å². The van der Waals surface area contributed by atoms with Crippen molar-refractivity contribution in [2.24, 2.45) is 5.92 Å². The van der Waals surface area contributed by atoms with Gasteiger partial charge in [-0.15, -0.1) is 0 Å². The Labute approximate surface area is 165 Å². The number of hydrogen-bond donors (Lipinski definition) is 2. The van der Waals surface area contributed by atoms with Crippen LogP contribution in [-0.4, -0.2) is 26.4 Å². The van der Waals surface area contributed by atoms with Crippen LogP contribution in [0.25, 0.3) is 16.7 Å². The van der Waals surface area contributed by atoms with Gasteiger partial charge in [0.05, 0.1) is 23.8 Å². The van der Waals surface area contributed by atoms with E-state index in [2.05, 4.69) is 10.3 Å². The molecule has 2 N–H and O–H groups in total. The normalized spacial score (nSPS) is 11.4. The predicted octanol–water partition coefficient (Wildman–Crippen LogP) is 2.16. The van der Waals surface area contributed by atoms with Gasteiger partial charge in [0.1, 0.15) is 22.5 Å². The van der Waals surface area contributed by atoms with Crippen LogP contribution in [0.2, 0.25) is 0 Å². The third-order valence-corrected chi connectivity index (χ3v) is 4.63. The van der Waals surface area contributed by atoms with Gasteiger partial charge in [-0.3, -0.25) is 19.4 Å². The molecule has 0 fully saturated rings. The third kappa shape index (κ3) is 3.44. The lowest BCUT2D eigenvalue weighted by Gasteiger charge is -2.14. The quantitative estimate of drug-likeness (QED) is 0.509. The number of furan rings is 1. The van der Waals surface area contributed by atoms with Crippen LogP contribution in [-0.2, 0) is 6.54 Å². The smallest absolute Gasteiger partial charge is 0.267 e. The molecule has 0 bridgehead atoms. The highest BCUT2D eigenvalue weighted by Crippen LogP contribution is 2.12. The molecule has 29 heavy (non-hydrogen) atoms. The molecule has 0 unspecified atom stereocenters. The van der Waals surface area contributed by atoms with E-state index in [0.29, 0.717) is 23.6 Å². The van der Waals surface area contributed by atoms with Crippen LogP contribution >= 0.6 is 0 Å². The zero-order chi connectivity index (χ0) is 20.5. The second kappa shape index (κ2) is 7.38. The van der Waals surface area contributed by atoms with Crippen LogP contribution in [0.15, 0.2) is 58.1 Å². The molecule has 0 saturated carbocycles. The van der Waals surface area contributed by atoms with Crippen LogP contribution in [0.5, 0.6) is 0 Å². The van der Waals surface area contributed by atoms with Crippen molar-refractivity contribution in [2.45, 2.75) is 20.4 Å². The molecular formula is C21H21N5O3. The lowest BCUT2D eigenvalue weighted by molar-refractivity contribution is 0.0946. The average molecular weight is 391 g/mol. The van der Waals surface area contributed by atoms with Crippen molar-refractivity contribution in [3.8, 4) is 0 Å². The maximum absolute atomic E-state index is 13.1. The summed E-state index contributed by atoms with van der Waals surface area (Å²) in [6.45, 7) is 4.64. The molecule has 0 atom stereocenters. The summed E-state index contributed by atoms with van der Waals surface area (Å²) in [5, 5.41) is 11.7. The largest absolute Gasteiger partial charge is 0.467 e. The molecule has 0 radical (unpaired) electrons. The van der Waals surface area contributed by atoms with Crippen molar-refractivity contribution in [2.75, 3.05) is 6.54 Å². The summed E-state index contributed by atoms with van der Waals surface area (Å²) in [6.07, 6.45) is 3.17. The first-order chi connectivity index (χ1) is 14.0. The van der Waals surface area contributed by atoms with Crippen molar-refractivity contribution < 1.29 is 9.21 Å². The van der Waals surface area contributed by atoms with Crippen LogP contribution in [0.4, 0.5) is 0 Å². The van der Waals surface area contributed by atoms with E-state index in [9.17, 15) is 9.59 Å². The fourth-order valence-electron chi connectivity index (χ4n) is 3.16. The average Bonchev–Trinajstić information content (AvgIpc) is 3.22. The minimum absolute atomic E-state index is 0.0256. The molecule has 0 aliphatic heterocycles. The van der Waals surface area contributed by atoms with Gasteiger partial charge in [-0.2, -0.15) is 0 Å². The van der Waals surface area contributed by atoms with Crippen LogP contribution in [0, 0.1) is 11.3 Å². The Morgan fingerprint density at radius 2 is 2.10 bits per heavy atom. The van der Waals surface area contributed by atoms with Gasteiger partial charge in [0, 0.05) is 12.7 Å². The Morgan fingerprint density at radius 1 is 1.28 bits per heavy atom. The molecular weight excluding hydrogens is 370 g/mol. The van der Waals surface area contributed by atoms with Crippen LogP contribution < -0.4 is 16.4 Å². The van der Waals surface area contributed by atoms with Gasteiger partial charge >= 0.3 is 0 Å². The molecule has 0 aliphatic carbocycles. The number of hydrogen-bond acceptors (Lipinski definition) is 5. The monoisotopic (exact) mass is 391 g/mol. The van der Waals surface area contributed by atoms with E-state index in [1.54, 1.807) is 42.8 Å². The number of carbonyl (C=O) groups excluding carboxylic acids is 1. The van der Waals surface area contributed by atoms with Crippen LogP contribution in [0.1, 0.15) is 30.0 Å². The fourth-order valence-corrected chi connectivity index (χ4v) is 3.16. The fraction of sp³-hybridized carbons (Fsp3) is 0.238. The number of fused-ring (bicyclic) bond motifs is 2. The predicted molar refractivity (Wildman–Crippen MR) is 108 cm³/mol. The standard InChI is InChI=1S/C21H21N5O3/c1-13(2)11-23-20(27)15-10-16-19(24-17-7-3-4-8-25(17)21(16)28)26(18(15)22)12-14-6-5-9-29-14/h3-10,13,22H,11-12H2,1-2H3,(H,23,27). The minimum atomic E-state index is -0.392. The Balaban J connectivity index is 1.99. The van der Waals surface area contributed by atoms with Crippen molar-refractivity contribution >= 4 is 22.6 Å². The zero-order valence-corrected chi connectivity index (χ0v) is 16.2. The molecule has 4 aromatic heterocycles. The second-order valence-electron chi connectivity index (χ2n) is 7.26. The van der Waals surface area contributed by atoms with Crippen molar-refractivity contribution in [1.29, 1.82) is 5.41 Å². The van der Waals surface area contributed by atoms with Gasteiger partial charge in [-0.1, -0.05) is 19.9 Å². The van der Waals surface area contributed by atoms with Crippen molar-refractivity contribution in [1.82, 2.24) is 19.3 Å². The number of aromatic nitrogens is 3. The van der Waals surface area contributed by atoms with Gasteiger partial charge in [0.2, 0.25) is 0 Å². The summed E-state index contributed by atoms with van der Waals surface area (Å²) in [4.78, 5) is 30.4. The van der Waals surface area contributed by atoms with E-state index in [1.807, 2.05) is 13.8 Å². The molecule has 8 nitrogen and oxygen atoms in total. The Hall–Kier alpha value is -3.68. The zero-order valence-electron chi connectivity index (χ0n) is 16.2. The molecule has 1 amide bonds. The first kappa shape index (κ1) is 18.7. The highest BCUT2D eigenvalue weighted by atomic mass is 16.3.